The first-order chi connectivity index (χ1) is 25.0. The van der Waals surface area contributed by atoms with Gasteiger partial charge in [0.05, 0.1) is 13.2 Å². The minimum Gasteiger partial charge on any atom is -0.481 e. The third-order valence-corrected chi connectivity index (χ3v) is 7.01. The minimum absolute atomic E-state index is 0. The van der Waals surface area contributed by atoms with Crippen LogP contribution in [0.1, 0.15) is 150 Å². The summed E-state index contributed by atoms with van der Waals surface area (Å²) in [7, 11) is 0. The Morgan fingerprint density at radius 1 is 0.500 bits per heavy atom. The maximum atomic E-state index is 11.3. The van der Waals surface area contributed by atoms with Gasteiger partial charge in [0.1, 0.15) is 0 Å². The van der Waals surface area contributed by atoms with Crippen LogP contribution in [0.4, 0.5) is 0 Å². The van der Waals surface area contributed by atoms with Crippen molar-refractivity contribution in [1.29, 1.82) is 0 Å². The van der Waals surface area contributed by atoms with Crippen molar-refractivity contribution in [3.05, 3.63) is 97.2 Å². The molecular formula is C45H80N2O5. The number of amides is 1. The van der Waals surface area contributed by atoms with E-state index in [4.69, 9.17) is 21.1 Å². The van der Waals surface area contributed by atoms with Crippen molar-refractivity contribution in [2.24, 2.45) is 5.73 Å². The highest BCUT2D eigenvalue weighted by atomic mass is 16.4. The van der Waals surface area contributed by atoms with Gasteiger partial charge in [0.15, 0.2) is 0 Å². The maximum absolute atomic E-state index is 11.3. The molecule has 52 heavy (non-hydrogen) atoms. The molecule has 0 heterocycles. The lowest BCUT2D eigenvalue weighted by atomic mass is 10.2. The third-order valence-electron chi connectivity index (χ3n) is 7.01. The van der Waals surface area contributed by atoms with Crippen molar-refractivity contribution in [3.63, 3.8) is 0 Å². The molecule has 6 N–H and O–H groups in total. The molecule has 0 aromatic heterocycles. The molecule has 0 spiro atoms. The third kappa shape index (κ3) is 61.9. The van der Waals surface area contributed by atoms with Gasteiger partial charge in [-0.15, -0.1) is 0 Å². The molecule has 0 aliphatic heterocycles. The fourth-order valence-electron chi connectivity index (χ4n) is 4.16. The molecule has 0 unspecified atom stereocenters. The Labute approximate surface area is 320 Å². The lowest BCUT2D eigenvalue weighted by Gasteiger charge is -2.00. The highest BCUT2D eigenvalue weighted by Gasteiger charge is 1.97. The van der Waals surface area contributed by atoms with Gasteiger partial charge in [0.2, 0.25) is 5.91 Å². The number of carbonyl (C=O) groups is 2. The number of rotatable bonds is 31. The van der Waals surface area contributed by atoms with Crippen LogP contribution in [0.15, 0.2) is 97.2 Å². The van der Waals surface area contributed by atoms with Gasteiger partial charge >= 0.3 is 5.97 Å². The second kappa shape index (κ2) is 54.5. The molecule has 0 radical (unpaired) electrons. The second-order valence-electron chi connectivity index (χ2n) is 11.9. The predicted molar refractivity (Wildman–Crippen MR) is 227 cm³/mol. The van der Waals surface area contributed by atoms with Crippen LogP contribution in [0.5, 0.6) is 0 Å². The molecule has 0 aromatic rings. The average Bonchev–Trinajstić information content (AvgIpc) is 3.13. The Morgan fingerprint density at radius 3 is 1.10 bits per heavy atom. The Hall–Kier alpha value is -3.26. The van der Waals surface area contributed by atoms with Crippen LogP contribution < -0.4 is 11.1 Å². The summed E-state index contributed by atoms with van der Waals surface area (Å²) in [6, 6.07) is 0. The van der Waals surface area contributed by atoms with Crippen LogP contribution in [0.2, 0.25) is 0 Å². The topological polar surface area (TPSA) is 133 Å². The van der Waals surface area contributed by atoms with E-state index in [0.29, 0.717) is 19.5 Å². The number of aliphatic hydroxyl groups is 2. The summed E-state index contributed by atoms with van der Waals surface area (Å²) in [5.74, 6) is -0.694. The fraction of sp³-hybridized carbons (Fsp3) is 0.600. The van der Waals surface area contributed by atoms with Crippen LogP contribution in [-0.4, -0.2) is 53.5 Å². The Morgan fingerprint density at radius 2 is 0.808 bits per heavy atom. The van der Waals surface area contributed by atoms with E-state index in [1.165, 1.54) is 51.4 Å². The number of nitrogens with two attached hydrogens (primary N) is 1. The van der Waals surface area contributed by atoms with Crippen molar-refractivity contribution in [1.82, 2.24) is 5.32 Å². The average molecular weight is 729 g/mol. The molecule has 0 aliphatic carbocycles. The first-order valence-electron chi connectivity index (χ1n) is 19.6. The number of carboxylic acids is 1. The van der Waals surface area contributed by atoms with Crippen molar-refractivity contribution >= 4 is 11.9 Å². The van der Waals surface area contributed by atoms with Gasteiger partial charge in [0, 0.05) is 25.9 Å². The number of aliphatic carboxylic acids is 1. The van der Waals surface area contributed by atoms with E-state index in [1.807, 2.05) is 0 Å². The zero-order valence-corrected chi connectivity index (χ0v) is 32.4. The standard InChI is InChI=1S/C22H37NO2.C20H32O2.C2H7NO.CH4/c1-2-3-4-5-6-7-8-9-10-11-12-13-14-15-16-17-18-19-22(25)23-20-21-24;1-2-3-4-5-6-7-8-9-10-11-12-13-14-15-16-17-18-19-20(21)22;3-1-2-4;/h6-7,9-10,12-13,15-16,24H,2-5,8,11,14,17-21H2,1H3,(H,23,25);6-7,9-10,12-13,15-16H,2-5,8,11,14,17-19H2,1H3,(H,21,22);4H,1-3H2;1H4/b2*7-6-,10-9-,13-12-,16-15-;;. The van der Waals surface area contributed by atoms with E-state index < -0.39 is 5.97 Å². The molecule has 1 amide bonds. The van der Waals surface area contributed by atoms with Crippen LogP contribution in [0.3, 0.4) is 0 Å². The van der Waals surface area contributed by atoms with E-state index >= 15 is 0 Å². The van der Waals surface area contributed by atoms with Crippen molar-refractivity contribution in [2.45, 2.75) is 150 Å². The number of hydrogen-bond acceptors (Lipinski definition) is 5. The van der Waals surface area contributed by atoms with Gasteiger partial charge in [-0.05, 0) is 89.9 Å². The van der Waals surface area contributed by atoms with Crippen molar-refractivity contribution in [3.8, 4) is 0 Å². The number of carboxylic acid groups (broad SMARTS) is 1. The summed E-state index contributed by atoms with van der Waals surface area (Å²) < 4.78 is 0. The fourth-order valence-corrected chi connectivity index (χ4v) is 4.16. The molecule has 0 aliphatic rings. The van der Waals surface area contributed by atoms with E-state index in [0.717, 1.165) is 64.2 Å². The van der Waals surface area contributed by atoms with Gasteiger partial charge in [-0.2, -0.15) is 0 Å². The monoisotopic (exact) mass is 729 g/mol. The summed E-state index contributed by atoms with van der Waals surface area (Å²) in [6.45, 7) is 5.29. The molecule has 0 rings (SSSR count). The molecule has 0 aromatic carbocycles. The molecule has 0 atom stereocenters. The van der Waals surface area contributed by atoms with Gasteiger partial charge in [-0.3, -0.25) is 9.59 Å². The van der Waals surface area contributed by atoms with E-state index in [1.54, 1.807) is 0 Å². The molecular weight excluding hydrogens is 649 g/mol. The molecule has 7 nitrogen and oxygen atoms in total. The number of nitrogens with one attached hydrogen (secondary N) is 1. The molecule has 0 saturated carbocycles. The van der Waals surface area contributed by atoms with Crippen LogP contribution >= 0.6 is 0 Å². The van der Waals surface area contributed by atoms with Crippen LogP contribution in [-0.2, 0) is 9.59 Å². The number of hydrogen-bond donors (Lipinski definition) is 5. The molecule has 0 fully saturated rings. The summed E-state index contributed by atoms with van der Waals surface area (Å²) >= 11 is 0. The molecule has 0 saturated heterocycles. The van der Waals surface area contributed by atoms with Crippen molar-refractivity contribution in [2.75, 3.05) is 26.3 Å². The number of unbranched alkanes of at least 4 members (excludes halogenated alkanes) is 8. The Kier molecular flexibility index (Phi) is 58.2. The quantitative estimate of drug-likeness (QED) is 0.0356. The highest BCUT2D eigenvalue weighted by Crippen LogP contribution is 2.03. The van der Waals surface area contributed by atoms with E-state index in [-0.39, 0.29) is 33.0 Å². The first-order valence-corrected chi connectivity index (χ1v) is 19.6. The smallest absolute Gasteiger partial charge is 0.303 e. The highest BCUT2D eigenvalue weighted by molar-refractivity contribution is 5.75. The van der Waals surface area contributed by atoms with Gasteiger partial charge in [-0.25, -0.2) is 0 Å². The van der Waals surface area contributed by atoms with Crippen LogP contribution in [0, 0.1) is 0 Å². The molecule has 7 heteroatoms. The normalized spacial score (nSPS) is 11.7. The Balaban J connectivity index is -0.000000396. The number of carbonyl (C=O) groups excluding carboxylic acids is 1. The zero-order chi connectivity index (χ0) is 38.1. The van der Waals surface area contributed by atoms with Gasteiger partial charge in [-0.1, -0.05) is 144 Å². The van der Waals surface area contributed by atoms with Gasteiger partial charge < -0.3 is 26.4 Å². The first kappa shape index (κ1) is 55.5. The van der Waals surface area contributed by atoms with Gasteiger partial charge in [0.25, 0.3) is 0 Å². The summed E-state index contributed by atoms with van der Waals surface area (Å²) in [5.41, 5.74) is 4.78. The lowest BCUT2D eigenvalue weighted by Crippen LogP contribution is -2.25. The maximum Gasteiger partial charge on any atom is 0.303 e. The number of allylic oxidation sites excluding steroid dienone is 16. The van der Waals surface area contributed by atoms with Crippen LogP contribution in [0.25, 0.3) is 0 Å². The minimum atomic E-state index is -0.712. The summed E-state index contributed by atoms with van der Waals surface area (Å²) in [4.78, 5) is 21.6. The Bertz CT molecular complexity index is 959. The zero-order valence-electron chi connectivity index (χ0n) is 32.4. The molecule has 300 valence electrons. The van der Waals surface area contributed by atoms with E-state index in [2.05, 4.69) is 116 Å². The SMILES string of the molecule is C.CCCCC/C=C\C/C=C\C/C=C\C/C=C\CCCC(=O)NCCO.CCCCC/C=C\C/C=C\C/C=C\C/C=C\CCCC(=O)O.NCCO. The summed E-state index contributed by atoms with van der Waals surface area (Å²) in [5, 5.41) is 27.5. The van der Waals surface area contributed by atoms with E-state index in [9.17, 15) is 9.59 Å². The van der Waals surface area contributed by atoms with Crippen molar-refractivity contribution < 1.29 is 24.9 Å². The second-order valence-corrected chi connectivity index (χ2v) is 11.9. The summed E-state index contributed by atoms with van der Waals surface area (Å²) in [6.07, 6.45) is 55.4. The predicted octanol–water partition coefficient (Wildman–Crippen LogP) is 11.0. The largest absolute Gasteiger partial charge is 0.481 e. The lowest BCUT2D eigenvalue weighted by molar-refractivity contribution is -0.137. The molecule has 0 bridgehead atoms. The number of aliphatic hydroxyl groups excluding tert-OH is 2.